The predicted molar refractivity (Wildman–Crippen MR) is 51.1 cm³/mol. The Morgan fingerprint density at radius 1 is 1.39 bits per heavy atom. The van der Waals surface area contributed by atoms with E-state index in [1.54, 1.807) is 12.4 Å². The fourth-order valence-electron chi connectivity index (χ4n) is 0.779. The minimum absolute atomic E-state index is 0.568. The number of H-pyrrole nitrogens is 1. The van der Waals surface area contributed by atoms with Crippen molar-refractivity contribution in [2.75, 3.05) is 0 Å². The number of carboxylic acid groups (broad SMARTS) is 1. The number of hydrogen-bond donors (Lipinski definition) is 2. The first-order valence-electron chi connectivity index (χ1n) is 4.35. The second-order valence-corrected chi connectivity index (χ2v) is 2.78. The third-order valence-corrected chi connectivity index (χ3v) is 1.51. The minimum Gasteiger partial charge on any atom is -0.475 e. The van der Waals surface area contributed by atoms with E-state index in [0.717, 1.165) is 5.56 Å². The summed E-state index contributed by atoms with van der Waals surface area (Å²) in [6.45, 7) is 0. The van der Waals surface area contributed by atoms with Crippen LogP contribution in [0.1, 0.15) is 0 Å². The topological polar surface area (TPSA) is 105 Å². The molecule has 2 rings (SSSR count). The zero-order valence-electron chi connectivity index (χ0n) is 8.59. The number of aromatic nitrogens is 5. The highest BCUT2D eigenvalue weighted by atomic mass is 19.4. The SMILES string of the molecule is O=C(O)C(F)(F)F.c1cncc(-c2nn[nH]n2)c1. The molecule has 0 aliphatic heterocycles. The van der Waals surface area contributed by atoms with Crippen molar-refractivity contribution in [3.05, 3.63) is 24.5 Å². The van der Waals surface area contributed by atoms with Crippen LogP contribution in [0.25, 0.3) is 11.4 Å². The molecule has 0 saturated carbocycles. The first-order chi connectivity index (χ1) is 8.41. The largest absolute Gasteiger partial charge is 0.490 e. The molecule has 0 atom stereocenters. The molecule has 0 spiro atoms. The number of halogens is 3. The van der Waals surface area contributed by atoms with Crippen LogP contribution in [0.15, 0.2) is 24.5 Å². The van der Waals surface area contributed by atoms with Crippen LogP contribution in [-0.4, -0.2) is 42.9 Å². The van der Waals surface area contributed by atoms with E-state index in [1.165, 1.54) is 0 Å². The van der Waals surface area contributed by atoms with Gasteiger partial charge in [-0.15, -0.1) is 10.2 Å². The van der Waals surface area contributed by atoms with E-state index < -0.39 is 12.1 Å². The molecule has 0 aromatic carbocycles. The first kappa shape index (κ1) is 13.5. The maximum atomic E-state index is 10.6. The van der Waals surface area contributed by atoms with Gasteiger partial charge in [-0.1, -0.05) is 0 Å². The summed E-state index contributed by atoms with van der Waals surface area (Å²) < 4.78 is 31.7. The molecular formula is C8H6F3N5O2. The van der Waals surface area contributed by atoms with E-state index in [2.05, 4.69) is 25.6 Å². The lowest BCUT2D eigenvalue weighted by atomic mass is 10.3. The summed E-state index contributed by atoms with van der Waals surface area (Å²) in [5.41, 5.74) is 0.862. The van der Waals surface area contributed by atoms with Crippen LogP contribution in [-0.2, 0) is 4.79 Å². The molecule has 0 saturated heterocycles. The summed E-state index contributed by atoms with van der Waals surface area (Å²) in [4.78, 5) is 12.8. The molecule has 0 bridgehead atoms. The van der Waals surface area contributed by atoms with Crippen molar-refractivity contribution in [1.29, 1.82) is 0 Å². The molecule has 0 radical (unpaired) electrons. The van der Waals surface area contributed by atoms with E-state index in [0.29, 0.717) is 5.82 Å². The fourth-order valence-corrected chi connectivity index (χ4v) is 0.779. The third-order valence-electron chi connectivity index (χ3n) is 1.51. The second kappa shape index (κ2) is 5.70. The Morgan fingerprint density at radius 2 is 2.06 bits per heavy atom. The maximum Gasteiger partial charge on any atom is 0.490 e. The lowest BCUT2D eigenvalue weighted by Gasteiger charge is -1.93. The number of hydrogen-bond acceptors (Lipinski definition) is 5. The number of alkyl halides is 3. The molecule has 7 nitrogen and oxygen atoms in total. The number of nitrogens with one attached hydrogen (secondary N) is 1. The van der Waals surface area contributed by atoms with Gasteiger partial charge in [0.2, 0.25) is 5.82 Å². The van der Waals surface area contributed by atoms with Crippen LogP contribution >= 0.6 is 0 Å². The summed E-state index contributed by atoms with van der Waals surface area (Å²) in [6, 6.07) is 3.70. The fraction of sp³-hybridized carbons (Fsp3) is 0.125. The van der Waals surface area contributed by atoms with Crippen molar-refractivity contribution in [3.8, 4) is 11.4 Å². The number of nitrogens with zero attached hydrogens (tertiary/aromatic N) is 4. The molecule has 10 heteroatoms. The average Bonchev–Trinajstić information content (AvgIpc) is 2.83. The molecule has 2 heterocycles. The van der Waals surface area contributed by atoms with E-state index in [4.69, 9.17) is 9.90 Å². The van der Waals surface area contributed by atoms with Crippen LogP contribution in [0.3, 0.4) is 0 Å². The molecule has 2 aromatic heterocycles. The summed E-state index contributed by atoms with van der Waals surface area (Å²) in [5.74, 6) is -2.19. The van der Waals surface area contributed by atoms with Gasteiger partial charge in [0.15, 0.2) is 0 Å². The van der Waals surface area contributed by atoms with E-state index in [-0.39, 0.29) is 0 Å². The monoisotopic (exact) mass is 261 g/mol. The Kier molecular flexibility index (Phi) is 4.29. The molecule has 0 aliphatic rings. The summed E-state index contributed by atoms with van der Waals surface area (Å²) in [7, 11) is 0. The Labute approximate surface area is 97.7 Å². The Morgan fingerprint density at radius 3 is 2.44 bits per heavy atom. The van der Waals surface area contributed by atoms with E-state index in [1.807, 2.05) is 12.1 Å². The van der Waals surface area contributed by atoms with Gasteiger partial charge in [-0.3, -0.25) is 4.98 Å². The van der Waals surface area contributed by atoms with Crippen LogP contribution in [0.4, 0.5) is 13.2 Å². The quantitative estimate of drug-likeness (QED) is 0.790. The smallest absolute Gasteiger partial charge is 0.475 e. The van der Waals surface area contributed by atoms with Crippen molar-refractivity contribution >= 4 is 5.97 Å². The van der Waals surface area contributed by atoms with E-state index in [9.17, 15) is 13.2 Å². The van der Waals surface area contributed by atoms with Gasteiger partial charge in [-0.25, -0.2) is 4.79 Å². The first-order valence-corrected chi connectivity index (χ1v) is 4.35. The summed E-state index contributed by atoms with van der Waals surface area (Å²) in [6.07, 6.45) is -1.70. The lowest BCUT2D eigenvalue weighted by Crippen LogP contribution is -2.21. The Hall–Kier alpha value is -2.52. The number of carboxylic acids is 1. The molecule has 18 heavy (non-hydrogen) atoms. The van der Waals surface area contributed by atoms with Gasteiger partial charge in [0, 0.05) is 18.0 Å². The standard InChI is InChI=1S/C6H5N5.C2HF3O2/c1-2-5(4-7-3-1)6-8-10-11-9-6;3-2(4,5)1(6)7/h1-4H,(H,8,9,10,11);(H,6,7). The maximum absolute atomic E-state index is 10.6. The molecule has 0 fully saturated rings. The summed E-state index contributed by atoms with van der Waals surface area (Å²) >= 11 is 0. The molecular weight excluding hydrogens is 255 g/mol. The van der Waals surface area contributed by atoms with Gasteiger partial charge in [0.25, 0.3) is 0 Å². The highest BCUT2D eigenvalue weighted by Gasteiger charge is 2.38. The predicted octanol–water partition coefficient (Wildman–Crippen LogP) is 0.895. The zero-order valence-corrected chi connectivity index (χ0v) is 8.59. The number of pyridine rings is 1. The van der Waals surface area contributed by atoms with Gasteiger partial charge < -0.3 is 5.11 Å². The van der Waals surface area contributed by atoms with Crippen LogP contribution in [0.5, 0.6) is 0 Å². The highest BCUT2D eigenvalue weighted by molar-refractivity contribution is 5.73. The zero-order chi connectivity index (χ0) is 13.6. The molecule has 0 unspecified atom stereocenters. The summed E-state index contributed by atoms with van der Waals surface area (Å²) in [5, 5.41) is 20.5. The normalized spacial score (nSPS) is 10.4. The number of tetrazole rings is 1. The van der Waals surface area contributed by atoms with Crippen molar-refractivity contribution < 1.29 is 23.1 Å². The third kappa shape index (κ3) is 4.15. The Balaban J connectivity index is 0.000000203. The molecule has 0 aliphatic carbocycles. The van der Waals surface area contributed by atoms with E-state index >= 15 is 0 Å². The number of aromatic amines is 1. The van der Waals surface area contributed by atoms with Crippen molar-refractivity contribution in [3.63, 3.8) is 0 Å². The molecule has 2 N–H and O–H groups in total. The average molecular weight is 261 g/mol. The van der Waals surface area contributed by atoms with Gasteiger partial charge in [0.1, 0.15) is 0 Å². The minimum atomic E-state index is -5.08. The van der Waals surface area contributed by atoms with Crippen LogP contribution in [0, 0.1) is 0 Å². The van der Waals surface area contributed by atoms with Gasteiger partial charge in [-0.05, 0) is 17.3 Å². The van der Waals surface area contributed by atoms with Gasteiger partial charge in [0.05, 0.1) is 0 Å². The second-order valence-electron chi connectivity index (χ2n) is 2.78. The lowest BCUT2D eigenvalue weighted by molar-refractivity contribution is -0.192. The van der Waals surface area contributed by atoms with Gasteiger partial charge >= 0.3 is 12.1 Å². The number of aliphatic carboxylic acids is 1. The van der Waals surface area contributed by atoms with Crippen molar-refractivity contribution in [1.82, 2.24) is 25.6 Å². The van der Waals surface area contributed by atoms with Crippen molar-refractivity contribution in [2.24, 2.45) is 0 Å². The van der Waals surface area contributed by atoms with Gasteiger partial charge in [-0.2, -0.15) is 18.4 Å². The molecule has 0 amide bonds. The highest BCUT2D eigenvalue weighted by Crippen LogP contribution is 2.13. The van der Waals surface area contributed by atoms with Crippen molar-refractivity contribution in [2.45, 2.75) is 6.18 Å². The van der Waals surface area contributed by atoms with Crippen LogP contribution < -0.4 is 0 Å². The van der Waals surface area contributed by atoms with Crippen LogP contribution in [0.2, 0.25) is 0 Å². The molecule has 96 valence electrons. The number of carbonyl (C=O) groups is 1. The number of rotatable bonds is 1. The molecule has 2 aromatic rings. The Bertz CT molecular complexity index is 485.